The van der Waals surface area contributed by atoms with Gasteiger partial charge in [0, 0.05) is 16.6 Å². The number of nitrogen functional groups attached to an aromatic ring is 1. The second-order valence-electron chi connectivity index (χ2n) is 3.68. The molecular weight excluding hydrogens is 299 g/mol. The summed E-state index contributed by atoms with van der Waals surface area (Å²) in [6.45, 7) is 0. The van der Waals surface area contributed by atoms with Crippen molar-refractivity contribution in [2.75, 3.05) is 18.2 Å². The van der Waals surface area contributed by atoms with E-state index in [0.717, 1.165) is 10.2 Å². The Morgan fingerprint density at radius 1 is 1.22 bits per heavy atom. The molecule has 3 nitrogen and oxygen atoms in total. The first-order valence-corrected chi connectivity index (χ1v) is 6.05. The number of benzene rings is 2. The third-order valence-corrected chi connectivity index (χ3v) is 3.15. The second kappa shape index (κ2) is 5.27. The van der Waals surface area contributed by atoms with Gasteiger partial charge < -0.3 is 15.8 Å². The van der Waals surface area contributed by atoms with Crippen molar-refractivity contribution >= 4 is 33.0 Å². The average molecular weight is 311 g/mol. The number of methoxy groups -OCH3 is 1. The summed E-state index contributed by atoms with van der Waals surface area (Å²) in [5.41, 5.74) is 6.97. The maximum atomic E-state index is 13.8. The predicted molar refractivity (Wildman–Crippen MR) is 74.8 cm³/mol. The molecule has 5 heteroatoms. The Hall–Kier alpha value is -1.75. The van der Waals surface area contributed by atoms with E-state index in [1.165, 1.54) is 19.2 Å². The molecule has 94 valence electrons. The molecule has 0 heterocycles. The van der Waals surface area contributed by atoms with Crippen LogP contribution in [0, 0.1) is 5.82 Å². The lowest BCUT2D eigenvalue weighted by Gasteiger charge is -2.12. The average Bonchev–Trinajstić information content (AvgIpc) is 2.35. The number of ether oxygens (including phenoxy) is 1. The largest absolute Gasteiger partial charge is 0.495 e. The summed E-state index contributed by atoms with van der Waals surface area (Å²) < 4.78 is 19.7. The van der Waals surface area contributed by atoms with Crippen molar-refractivity contribution in [2.24, 2.45) is 0 Å². The summed E-state index contributed by atoms with van der Waals surface area (Å²) in [7, 11) is 1.49. The lowest BCUT2D eigenvalue weighted by atomic mass is 10.2. The van der Waals surface area contributed by atoms with Gasteiger partial charge in [0.1, 0.15) is 11.6 Å². The van der Waals surface area contributed by atoms with E-state index in [-0.39, 0.29) is 5.69 Å². The van der Waals surface area contributed by atoms with Gasteiger partial charge in [-0.05, 0) is 28.1 Å². The van der Waals surface area contributed by atoms with Gasteiger partial charge in [-0.1, -0.05) is 12.1 Å². The Morgan fingerprint density at radius 2 is 1.94 bits per heavy atom. The number of hydrogen-bond acceptors (Lipinski definition) is 3. The molecule has 0 spiro atoms. The predicted octanol–water partition coefficient (Wildman–Crippen LogP) is 3.92. The van der Waals surface area contributed by atoms with Crippen molar-refractivity contribution in [1.82, 2.24) is 0 Å². The highest BCUT2D eigenvalue weighted by atomic mass is 79.9. The zero-order chi connectivity index (χ0) is 13.1. The molecule has 18 heavy (non-hydrogen) atoms. The molecule has 0 aliphatic carbocycles. The maximum absolute atomic E-state index is 13.8. The number of nitrogens with two attached hydrogens (primary N) is 1. The number of hydrogen-bond donors (Lipinski definition) is 2. The smallest absolute Gasteiger partial charge is 0.148 e. The first kappa shape index (κ1) is 12.7. The minimum absolute atomic E-state index is 0.271. The van der Waals surface area contributed by atoms with Gasteiger partial charge in [-0.15, -0.1) is 0 Å². The SMILES string of the molecule is COc1cc(Nc2ccccc2Br)c(F)cc1N. The van der Waals surface area contributed by atoms with Crippen LogP contribution in [0.2, 0.25) is 0 Å². The van der Waals surface area contributed by atoms with Crippen LogP contribution in [-0.2, 0) is 0 Å². The molecule has 0 amide bonds. The normalized spacial score (nSPS) is 10.2. The van der Waals surface area contributed by atoms with Crippen molar-refractivity contribution in [3.8, 4) is 5.75 Å². The first-order chi connectivity index (χ1) is 8.61. The first-order valence-electron chi connectivity index (χ1n) is 5.26. The Bertz CT molecular complexity index is 575. The van der Waals surface area contributed by atoms with Crippen LogP contribution >= 0.6 is 15.9 Å². The Balaban J connectivity index is 2.38. The third-order valence-electron chi connectivity index (χ3n) is 2.46. The molecule has 2 aromatic carbocycles. The molecule has 0 aliphatic heterocycles. The van der Waals surface area contributed by atoms with Crippen LogP contribution in [0.1, 0.15) is 0 Å². The molecule has 3 N–H and O–H groups in total. The van der Waals surface area contributed by atoms with Gasteiger partial charge in [-0.3, -0.25) is 0 Å². The van der Waals surface area contributed by atoms with Crippen LogP contribution < -0.4 is 15.8 Å². The van der Waals surface area contributed by atoms with Gasteiger partial charge in [-0.25, -0.2) is 4.39 Å². The molecule has 2 aromatic rings. The molecule has 0 radical (unpaired) electrons. The standard InChI is InChI=1S/C13H12BrFN2O/c1-18-13-7-12(9(15)6-10(13)16)17-11-5-3-2-4-8(11)14/h2-7,17H,16H2,1H3. The number of para-hydroxylation sites is 1. The van der Waals surface area contributed by atoms with Gasteiger partial charge in [0.05, 0.1) is 24.2 Å². The van der Waals surface area contributed by atoms with E-state index in [0.29, 0.717) is 11.4 Å². The fraction of sp³-hybridized carbons (Fsp3) is 0.0769. The van der Waals surface area contributed by atoms with E-state index < -0.39 is 5.82 Å². The van der Waals surface area contributed by atoms with E-state index in [1.54, 1.807) is 0 Å². The van der Waals surface area contributed by atoms with Gasteiger partial charge in [0.15, 0.2) is 0 Å². The summed E-state index contributed by atoms with van der Waals surface area (Å²) in [5.74, 6) is 0.00927. The van der Waals surface area contributed by atoms with E-state index in [4.69, 9.17) is 10.5 Å². The van der Waals surface area contributed by atoms with Crippen LogP contribution in [0.4, 0.5) is 21.5 Å². The van der Waals surface area contributed by atoms with Crippen LogP contribution in [0.25, 0.3) is 0 Å². The van der Waals surface area contributed by atoms with Crippen LogP contribution in [0.5, 0.6) is 5.75 Å². The minimum atomic E-state index is -0.427. The number of anilines is 3. The van der Waals surface area contributed by atoms with E-state index in [9.17, 15) is 4.39 Å². The summed E-state index contributed by atoms with van der Waals surface area (Å²) in [6, 6.07) is 10.2. The van der Waals surface area contributed by atoms with Crippen molar-refractivity contribution in [3.05, 3.63) is 46.7 Å². The van der Waals surface area contributed by atoms with Crippen molar-refractivity contribution < 1.29 is 9.13 Å². The maximum Gasteiger partial charge on any atom is 0.148 e. The topological polar surface area (TPSA) is 47.3 Å². The van der Waals surface area contributed by atoms with Crippen LogP contribution in [0.3, 0.4) is 0 Å². The summed E-state index contributed by atoms with van der Waals surface area (Å²) in [4.78, 5) is 0. The fourth-order valence-electron chi connectivity index (χ4n) is 1.55. The third kappa shape index (κ3) is 2.56. The van der Waals surface area contributed by atoms with Crippen molar-refractivity contribution in [3.63, 3.8) is 0 Å². The molecule has 0 bridgehead atoms. The quantitative estimate of drug-likeness (QED) is 0.845. The van der Waals surface area contributed by atoms with Gasteiger partial charge in [-0.2, -0.15) is 0 Å². The minimum Gasteiger partial charge on any atom is -0.495 e. The van der Waals surface area contributed by atoms with Crippen molar-refractivity contribution in [1.29, 1.82) is 0 Å². The molecule has 0 aliphatic rings. The molecular formula is C13H12BrFN2O. The van der Waals surface area contributed by atoms with Crippen molar-refractivity contribution in [2.45, 2.75) is 0 Å². The van der Waals surface area contributed by atoms with E-state index in [1.807, 2.05) is 24.3 Å². The number of halogens is 2. The van der Waals surface area contributed by atoms with Gasteiger partial charge >= 0.3 is 0 Å². The highest BCUT2D eigenvalue weighted by Gasteiger charge is 2.09. The monoisotopic (exact) mass is 310 g/mol. The molecule has 2 rings (SSSR count). The molecule has 0 unspecified atom stereocenters. The molecule has 0 saturated heterocycles. The lowest BCUT2D eigenvalue weighted by Crippen LogP contribution is -1.99. The number of rotatable bonds is 3. The molecule has 0 saturated carbocycles. The molecule has 0 atom stereocenters. The van der Waals surface area contributed by atoms with Crippen LogP contribution in [0.15, 0.2) is 40.9 Å². The van der Waals surface area contributed by atoms with E-state index in [2.05, 4.69) is 21.2 Å². The Labute approximate surface area is 113 Å². The zero-order valence-corrected chi connectivity index (χ0v) is 11.3. The highest BCUT2D eigenvalue weighted by Crippen LogP contribution is 2.32. The van der Waals surface area contributed by atoms with Crippen LogP contribution in [-0.4, -0.2) is 7.11 Å². The summed E-state index contributed by atoms with van der Waals surface area (Å²) >= 11 is 3.39. The second-order valence-corrected chi connectivity index (χ2v) is 4.53. The lowest BCUT2D eigenvalue weighted by molar-refractivity contribution is 0.416. The summed E-state index contributed by atoms with van der Waals surface area (Å²) in [6.07, 6.45) is 0. The summed E-state index contributed by atoms with van der Waals surface area (Å²) in [5, 5.41) is 2.98. The fourth-order valence-corrected chi connectivity index (χ4v) is 1.93. The Kier molecular flexibility index (Phi) is 3.72. The van der Waals surface area contributed by atoms with Gasteiger partial charge in [0.2, 0.25) is 0 Å². The molecule has 0 fully saturated rings. The van der Waals surface area contributed by atoms with E-state index >= 15 is 0 Å². The van der Waals surface area contributed by atoms with Gasteiger partial charge in [0.25, 0.3) is 0 Å². The molecule has 0 aromatic heterocycles. The number of nitrogens with one attached hydrogen (secondary N) is 1. The highest BCUT2D eigenvalue weighted by molar-refractivity contribution is 9.10. The Morgan fingerprint density at radius 3 is 2.61 bits per heavy atom. The zero-order valence-electron chi connectivity index (χ0n) is 9.71.